The van der Waals surface area contributed by atoms with Gasteiger partial charge in [-0.1, -0.05) is 12.1 Å². The molecule has 35 heavy (non-hydrogen) atoms. The zero-order valence-corrected chi connectivity index (χ0v) is 20.1. The number of carbonyl (C=O) groups is 3. The Kier molecular flexibility index (Phi) is 7.47. The van der Waals surface area contributed by atoms with Crippen molar-refractivity contribution in [3.63, 3.8) is 0 Å². The van der Waals surface area contributed by atoms with Gasteiger partial charge in [0, 0.05) is 41.6 Å². The summed E-state index contributed by atoms with van der Waals surface area (Å²) in [4.78, 5) is 42.5. The topological polar surface area (TPSA) is 198 Å². The van der Waals surface area contributed by atoms with E-state index in [-0.39, 0.29) is 47.3 Å². The number of aliphatic hydroxyl groups is 3. The van der Waals surface area contributed by atoms with Gasteiger partial charge in [-0.3, -0.25) is 9.59 Å². The number of β-lactam (4-membered cyclic amide) rings is 1. The van der Waals surface area contributed by atoms with Gasteiger partial charge in [-0.25, -0.2) is 4.79 Å². The fourth-order valence-electron chi connectivity index (χ4n) is 4.89. The van der Waals surface area contributed by atoms with Gasteiger partial charge in [0.25, 0.3) is 0 Å². The number of aromatic nitrogens is 2. The number of carbonyl (C=O) groups excluding carboxylic acids is 2. The van der Waals surface area contributed by atoms with Crippen molar-refractivity contribution < 1.29 is 39.3 Å². The highest BCUT2D eigenvalue weighted by molar-refractivity contribution is 8.03. The van der Waals surface area contributed by atoms with Gasteiger partial charge in [0.05, 0.1) is 30.8 Å². The quantitative estimate of drug-likeness (QED) is 0.195. The Balaban J connectivity index is 1.35. The van der Waals surface area contributed by atoms with E-state index < -0.39 is 36.6 Å². The third-order valence-electron chi connectivity index (χ3n) is 6.59. The molecule has 0 radical (unpaired) electrons. The maximum atomic E-state index is 12.5. The maximum Gasteiger partial charge on any atom is 0.353 e. The molecular formula is C21H29N5O8S. The first-order chi connectivity index (χ1) is 16.6. The molecule has 2 fully saturated rings. The van der Waals surface area contributed by atoms with Crippen LogP contribution in [0.3, 0.4) is 0 Å². The van der Waals surface area contributed by atoms with Gasteiger partial charge in [0.2, 0.25) is 5.91 Å². The largest absolute Gasteiger partial charge is 0.477 e. The fourth-order valence-corrected chi connectivity index (χ4v) is 6.40. The van der Waals surface area contributed by atoms with Gasteiger partial charge < -0.3 is 40.5 Å². The number of aliphatic hydroxyl groups excluding tert-OH is 3. The number of amides is 2. The minimum absolute atomic E-state index is 0.0120. The fraction of sp³-hybridized carbons (Fsp3) is 0.667. The summed E-state index contributed by atoms with van der Waals surface area (Å²) in [5.41, 5.74) is 0.0120. The first-order valence-electron chi connectivity index (χ1n) is 11.4. The second kappa shape index (κ2) is 10.2. The van der Waals surface area contributed by atoms with Gasteiger partial charge >= 0.3 is 17.8 Å². The smallest absolute Gasteiger partial charge is 0.353 e. The lowest BCUT2D eigenvalue weighted by Crippen LogP contribution is -2.63. The highest BCUT2D eigenvalue weighted by atomic mass is 32.2. The molecule has 3 aliphatic heterocycles. The van der Waals surface area contributed by atoms with E-state index in [1.54, 1.807) is 6.92 Å². The highest BCUT2D eigenvalue weighted by Crippen LogP contribution is 2.51. The Morgan fingerprint density at radius 1 is 1.37 bits per heavy atom. The molecule has 3 unspecified atom stereocenters. The van der Waals surface area contributed by atoms with E-state index in [2.05, 4.69) is 20.8 Å². The van der Waals surface area contributed by atoms with Gasteiger partial charge in [-0.2, -0.15) is 4.98 Å². The molecule has 0 aliphatic carbocycles. The van der Waals surface area contributed by atoms with Crippen molar-refractivity contribution in [1.29, 1.82) is 0 Å². The lowest BCUT2D eigenvalue weighted by atomic mass is 9.79. The van der Waals surface area contributed by atoms with Crippen LogP contribution in [0.5, 0.6) is 0 Å². The van der Waals surface area contributed by atoms with Gasteiger partial charge in [-0.05, 0) is 13.3 Å². The van der Waals surface area contributed by atoms with Crippen molar-refractivity contribution >= 4 is 29.5 Å². The zero-order chi connectivity index (χ0) is 25.4. The van der Waals surface area contributed by atoms with Crippen LogP contribution in [-0.4, -0.2) is 102 Å². The first kappa shape index (κ1) is 25.6. The summed E-state index contributed by atoms with van der Waals surface area (Å²) in [6.45, 7) is 3.42. The molecule has 192 valence electrons. The number of rotatable bonds is 10. The predicted octanol–water partition coefficient (Wildman–Crippen LogP) is -1.69. The first-order valence-corrected chi connectivity index (χ1v) is 12.3. The SMILES string of the molecule is C[C@@H](O)C1C(=O)N2C(C(=O)O)=C(S[C@@H]3CN[C@H](Cc4noc(C(=O)NCC(O)CO)n4)C3)[C@H](C)C12. The summed E-state index contributed by atoms with van der Waals surface area (Å²) in [6.07, 6.45) is -0.846. The number of hydrogen-bond donors (Lipinski definition) is 6. The standard InChI is InChI=1S/C21H29N5O8S/c1-8-15-14(9(2)28)20(31)26(15)16(21(32)33)17(8)35-12-3-10(22-6-12)4-13-24-19(34-25-13)18(30)23-5-11(29)7-27/h8-12,14-15,22,27-29H,3-7H2,1-2H3,(H,23,30)(H,32,33)/t8-,9-,10+,11?,12+,14?,15?/m1/s1. The van der Waals surface area contributed by atoms with Crippen LogP contribution < -0.4 is 10.6 Å². The van der Waals surface area contributed by atoms with E-state index in [1.165, 1.54) is 16.7 Å². The van der Waals surface area contributed by atoms with Crippen molar-refractivity contribution in [2.45, 2.75) is 56.2 Å². The number of carboxylic acid groups (broad SMARTS) is 1. The summed E-state index contributed by atoms with van der Waals surface area (Å²) in [7, 11) is 0. The number of nitrogens with zero attached hydrogens (tertiary/aromatic N) is 3. The molecule has 0 bridgehead atoms. The average Bonchev–Trinajstić information content (AvgIpc) is 3.51. The van der Waals surface area contributed by atoms with Gasteiger partial charge in [0.15, 0.2) is 5.82 Å². The van der Waals surface area contributed by atoms with E-state index >= 15 is 0 Å². The van der Waals surface area contributed by atoms with Crippen LogP contribution in [0.2, 0.25) is 0 Å². The van der Waals surface area contributed by atoms with Crippen molar-refractivity contribution in [2.24, 2.45) is 11.8 Å². The molecule has 7 atom stereocenters. The average molecular weight is 512 g/mol. The molecule has 3 aliphatic rings. The summed E-state index contributed by atoms with van der Waals surface area (Å²) < 4.78 is 4.98. The van der Waals surface area contributed by atoms with Crippen LogP contribution in [0.25, 0.3) is 0 Å². The van der Waals surface area contributed by atoms with Crippen molar-refractivity contribution in [3.8, 4) is 0 Å². The normalized spacial score (nSPS) is 29.7. The number of carboxylic acids is 1. The Bertz CT molecular complexity index is 1030. The van der Waals surface area contributed by atoms with Crippen LogP contribution in [0.4, 0.5) is 0 Å². The lowest BCUT2D eigenvalue weighted by Gasteiger charge is -2.46. The Morgan fingerprint density at radius 2 is 2.11 bits per heavy atom. The maximum absolute atomic E-state index is 12.5. The summed E-state index contributed by atoms with van der Waals surface area (Å²) in [5.74, 6) is -2.85. The predicted molar refractivity (Wildman–Crippen MR) is 121 cm³/mol. The van der Waals surface area contributed by atoms with Crippen molar-refractivity contribution in [1.82, 2.24) is 25.7 Å². The molecular weight excluding hydrogens is 482 g/mol. The number of nitrogens with one attached hydrogen (secondary N) is 2. The number of thioether (sulfide) groups is 1. The number of fused-ring (bicyclic) bond motifs is 1. The molecule has 1 aromatic rings. The molecule has 0 saturated carbocycles. The minimum Gasteiger partial charge on any atom is -0.477 e. The second-order valence-corrected chi connectivity index (χ2v) is 10.5. The molecule has 0 spiro atoms. The van der Waals surface area contributed by atoms with Crippen molar-refractivity contribution in [3.05, 3.63) is 22.3 Å². The van der Waals surface area contributed by atoms with E-state index in [4.69, 9.17) is 9.63 Å². The Morgan fingerprint density at radius 3 is 2.77 bits per heavy atom. The lowest BCUT2D eigenvalue weighted by molar-refractivity contribution is -0.163. The molecule has 1 aromatic heterocycles. The minimum atomic E-state index is -1.15. The molecule has 14 heteroatoms. The van der Waals surface area contributed by atoms with E-state index in [0.717, 1.165) is 0 Å². The molecule has 2 saturated heterocycles. The highest BCUT2D eigenvalue weighted by Gasteiger charge is 2.60. The van der Waals surface area contributed by atoms with E-state index in [9.17, 15) is 29.7 Å². The molecule has 4 rings (SSSR count). The monoisotopic (exact) mass is 511 g/mol. The van der Waals surface area contributed by atoms with Gasteiger partial charge in [-0.15, -0.1) is 11.8 Å². The Labute approximate surface area is 204 Å². The number of hydrogen-bond acceptors (Lipinski definition) is 11. The van der Waals surface area contributed by atoms with Crippen LogP contribution in [-0.2, 0) is 16.0 Å². The summed E-state index contributed by atoms with van der Waals surface area (Å²) in [6, 6.07) is -0.365. The van der Waals surface area contributed by atoms with Crippen LogP contribution in [0.1, 0.15) is 36.8 Å². The molecule has 13 nitrogen and oxygen atoms in total. The molecule has 2 amide bonds. The van der Waals surface area contributed by atoms with E-state index in [0.29, 0.717) is 30.1 Å². The van der Waals surface area contributed by atoms with Crippen molar-refractivity contribution in [2.75, 3.05) is 19.7 Å². The summed E-state index contributed by atoms with van der Waals surface area (Å²) in [5, 5.41) is 47.5. The van der Waals surface area contributed by atoms with Crippen LogP contribution in [0.15, 0.2) is 15.1 Å². The Hall–Kier alpha value is -2.52. The van der Waals surface area contributed by atoms with E-state index in [1.807, 2.05) is 6.92 Å². The third kappa shape index (κ3) is 4.93. The van der Waals surface area contributed by atoms with Crippen LogP contribution >= 0.6 is 11.8 Å². The third-order valence-corrected chi connectivity index (χ3v) is 8.10. The van der Waals surface area contributed by atoms with Crippen LogP contribution in [0, 0.1) is 11.8 Å². The molecule has 6 N–H and O–H groups in total. The zero-order valence-electron chi connectivity index (χ0n) is 19.2. The molecule has 4 heterocycles. The van der Waals surface area contributed by atoms with Gasteiger partial charge in [0.1, 0.15) is 5.70 Å². The number of aliphatic carboxylic acids is 1. The molecule has 0 aromatic carbocycles. The second-order valence-electron chi connectivity index (χ2n) is 9.12. The summed E-state index contributed by atoms with van der Waals surface area (Å²) >= 11 is 1.45.